The van der Waals surface area contributed by atoms with E-state index in [2.05, 4.69) is 15.6 Å². The Labute approximate surface area is 202 Å². The minimum atomic E-state index is -0.323. The van der Waals surface area contributed by atoms with Gasteiger partial charge in [0.05, 0.1) is 17.3 Å². The molecule has 0 spiro atoms. The second-order valence-electron chi connectivity index (χ2n) is 7.56. The quantitative estimate of drug-likeness (QED) is 0.360. The van der Waals surface area contributed by atoms with Crippen LogP contribution in [0.5, 0.6) is 0 Å². The lowest BCUT2D eigenvalue weighted by molar-refractivity contribution is -0.114. The standard InChI is InChI=1S/C26H22ClN5O2/c1-18(33)29-24-11-10-22(14-23(24)27)30-25(34)12-9-21-17-32(16-19-6-3-2-4-7-19)31-26(21)20-8-5-13-28-15-20/h2-15,17H,16H2,1H3,(H,29,33)(H,30,34)/b12-9+. The summed E-state index contributed by atoms with van der Waals surface area (Å²) in [6, 6.07) is 18.7. The number of benzene rings is 2. The molecule has 2 aromatic heterocycles. The van der Waals surface area contributed by atoms with E-state index in [9.17, 15) is 9.59 Å². The maximum Gasteiger partial charge on any atom is 0.248 e. The Morgan fingerprint density at radius 3 is 2.59 bits per heavy atom. The van der Waals surface area contributed by atoms with Crippen molar-refractivity contribution in [3.8, 4) is 11.3 Å². The summed E-state index contributed by atoms with van der Waals surface area (Å²) in [5.41, 5.74) is 4.50. The highest BCUT2D eigenvalue weighted by molar-refractivity contribution is 6.34. The molecule has 34 heavy (non-hydrogen) atoms. The largest absolute Gasteiger partial charge is 0.325 e. The van der Waals surface area contributed by atoms with Gasteiger partial charge in [0.25, 0.3) is 0 Å². The van der Waals surface area contributed by atoms with Crippen LogP contribution >= 0.6 is 11.6 Å². The SMILES string of the molecule is CC(=O)Nc1ccc(NC(=O)/C=C/c2cn(Cc3ccccc3)nc2-c2cccnc2)cc1Cl. The molecule has 0 bridgehead atoms. The van der Waals surface area contributed by atoms with Crippen molar-refractivity contribution in [1.82, 2.24) is 14.8 Å². The van der Waals surface area contributed by atoms with Crippen LogP contribution in [0.15, 0.2) is 85.3 Å². The molecular formula is C26H22ClN5O2. The van der Waals surface area contributed by atoms with Crippen molar-refractivity contribution >= 4 is 40.9 Å². The van der Waals surface area contributed by atoms with Crippen molar-refractivity contribution in [2.75, 3.05) is 10.6 Å². The van der Waals surface area contributed by atoms with E-state index in [1.54, 1.807) is 36.7 Å². The molecular weight excluding hydrogens is 450 g/mol. The van der Waals surface area contributed by atoms with E-state index in [-0.39, 0.29) is 11.8 Å². The molecule has 0 radical (unpaired) electrons. The number of nitrogens with zero attached hydrogens (tertiary/aromatic N) is 3. The third-order valence-corrected chi connectivity index (χ3v) is 5.19. The van der Waals surface area contributed by atoms with Crippen LogP contribution in [0, 0.1) is 0 Å². The zero-order chi connectivity index (χ0) is 23.9. The van der Waals surface area contributed by atoms with Crippen molar-refractivity contribution in [2.24, 2.45) is 0 Å². The molecule has 2 aromatic carbocycles. The Hall–Kier alpha value is -4.23. The van der Waals surface area contributed by atoms with E-state index < -0.39 is 0 Å². The van der Waals surface area contributed by atoms with Crippen LogP contribution in [-0.4, -0.2) is 26.6 Å². The maximum absolute atomic E-state index is 12.6. The molecule has 0 aliphatic heterocycles. The number of halogens is 1. The van der Waals surface area contributed by atoms with Gasteiger partial charge in [0.2, 0.25) is 11.8 Å². The molecule has 2 amide bonds. The van der Waals surface area contributed by atoms with Crippen LogP contribution in [0.25, 0.3) is 17.3 Å². The fourth-order valence-corrected chi connectivity index (χ4v) is 3.60. The normalized spacial score (nSPS) is 10.9. The second kappa shape index (κ2) is 10.6. The molecule has 170 valence electrons. The number of carbonyl (C=O) groups is 2. The number of rotatable bonds is 7. The molecule has 0 aliphatic rings. The van der Waals surface area contributed by atoms with Crippen LogP contribution in [0.2, 0.25) is 5.02 Å². The Bertz CT molecular complexity index is 1330. The maximum atomic E-state index is 12.6. The van der Waals surface area contributed by atoms with Gasteiger partial charge in [-0.2, -0.15) is 5.10 Å². The van der Waals surface area contributed by atoms with Gasteiger partial charge in [-0.1, -0.05) is 41.9 Å². The second-order valence-corrected chi connectivity index (χ2v) is 7.96. The Balaban J connectivity index is 1.53. The van der Waals surface area contributed by atoms with Gasteiger partial charge in [-0.25, -0.2) is 0 Å². The van der Waals surface area contributed by atoms with Gasteiger partial charge in [0, 0.05) is 48.4 Å². The zero-order valence-corrected chi connectivity index (χ0v) is 19.2. The van der Waals surface area contributed by atoms with E-state index in [1.165, 1.54) is 13.0 Å². The van der Waals surface area contributed by atoms with Gasteiger partial charge in [-0.05, 0) is 42.0 Å². The lowest BCUT2D eigenvalue weighted by Gasteiger charge is -2.07. The number of amides is 2. The van der Waals surface area contributed by atoms with Gasteiger partial charge in [-0.15, -0.1) is 0 Å². The molecule has 0 unspecified atom stereocenters. The van der Waals surface area contributed by atoms with E-state index in [0.29, 0.717) is 22.9 Å². The molecule has 2 heterocycles. The van der Waals surface area contributed by atoms with Crippen molar-refractivity contribution in [1.29, 1.82) is 0 Å². The number of carbonyl (C=O) groups excluding carboxylic acids is 2. The Kier molecular flexibility index (Phi) is 7.15. The number of hydrogen-bond donors (Lipinski definition) is 2. The van der Waals surface area contributed by atoms with Crippen LogP contribution in [0.4, 0.5) is 11.4 Å². The van der Waals surface area contributed by atoms with Crippen LogP contribution in [-0.2, 0) is 16.1 Å². The van der Waals surface area contributed by atoms with Gasteiger partial charge < -0.3 is 10.6 Å². The van der Waals surface area contributed by atoms with E-state index >= 15 is 0 Å². The predicted octanol–water partition coefficient (Wildman–Crippen LogP) is 5.26. The highest BCUT2D eigenvalue weighted by Crippen LogP contribution is 2.26. The predicted molar refractivity (Wildman–Crippen MR) is 134 cm³/mol. The van der Waals surface area contributed by atoms with Gasteiger partial charge >= 0.3 is 0 Å². The molecule has 0 aliphatic carbocycles. The molecule has 0 fully saturated rings. The summed E-state index contributed by atoms with van der Waals surface area (Å²) >= 11 is 6.19. The van der Waals surface area contributed by atoms with Gasteiger partial charge in [0.15, 0.2) is 0 Å². The van der Waals surface area contributed by atoms with E-state index in [1.807, 2.05) is 53.3 Å². The first-order chi connectivity index (χ1) is 16.5. The number of anilines is 2. The summed E-state index contributed by atoms with van der Waals surface area (Å²) in [4.78, 5) is 28.0. The van der Waals surface area contributed by atoms with Gasteiger partial charge in [0.1, 0.15) is 5.69 Å². The first-order valence-corrected chi connectivity index (χ1v) is 10.9. The highest BCUT2D eigenvalue weighted by Gasteiger charge is 2.11. The molecule has 7 nitrogen and oxygen atoms in total. The monoisotopic (exact) mass is 471 g/mol. The average molecular weight is 472 g/mol. The molecule has 0 saturated heterocycles. The third-order valence-electron chi connectivity index (χ3n) is 4.87. The highest BCUT2D eigenvalue weighted by atomic mass is 35.5. The number of nitrogens with one attached hydrogen (secondary N) is 2. The summed E-state index contributed by atoms with van der Waals surface area (Å²) in [6.07, 6.45) is 8.51. The smallest absolute Gasteiger partial charge is 0.248 e. The molecule has 0 saturated carbocycles. The van der Waals surface area contributed by atoms with Crippen LogP contribution < -0.4 is 10.6 Å². The molecule has 0 atom stereocenters. The summed E-state index contributed by atoms with van der Waals surface area (Å²) in [5.74, 6) is -0.546. The minimum Gasteiger partial charge on any atom is -0.325 e. The van der Waals surface area contributed by atoms with Crippen molar-refractivity contribution in [3.63, 3.8) is 0 Å². The molecule has 4 rings (SSSR count). The summed E-state index contributed by atoms with van der Waals surface area (Å²) < 4.78 is 1.84. The van der Waals surface area contributed by atoms with Crippen molar-refractivity contribution in [3.05, 3.63) is 101 Å². The lowest BCUT2D eigenvalue weighted by atomic mass is 10.1. The van der Waals surface area contributed by atoms with Gasteiger partial charge in [-0.3, -0.25) is 19.3 Å². The van der Waals surface area contributed by atoms with Crippen molar-refractivity contribution < 1.29 is 9.59 Å². The number of pyridine rings is 1. The van der Waals surface area contributed by atoms with E-state index in [4.69, 9.17) is 16.7 Å². The number of aromatic nitrogens is 3. The Morgan fingerprint density at radius 1 is 1.06 bits per heavy atom. The topological polar surface area (TPSA) is 88.9 Å². The molecule has 4 aromatic rings. The number of hydrogen-bond acceptors (Lipinski definition) is 4. The molecule has 8 heteroatoms. The third kappa shape index (κ3) is 5.96. The molecule has 2 N–H and O–H groups in total. The Morgan fingerprint density at radius 2 is 1.88 bits per heavy atom. The van der Waals surface area contributed by atoms with Crippen molar-refractivity contribution in [2.45, 2.75) is 13.5 Å². The first-order valence-electron chi connectivity index (χ1n) is 10.6. The van der Waals surface area contributed by atoms with Crippen LogP contribution in [0.3, 0.4) is 0 Å². The summed E-state index contributed by atoms with van der Waals surface area (Å²) in [5, 5.41) is 10.5. The first kappa shape index (κ1) is 22.9. The minimum absolute atomic E-state index is 0.223. The van der Waals surface area contributed by atoms with Crippen LogP contribution in [0.1, 0.15) is 18.1 Å². The fraction of sp³-hybridized carbons (Fsp3) is 0.0769. The average Bonchev–Trinajstić information content (AvgIpc) is 3.23. The van der Waals surface area contributed by atoms with E-state index in [0.717, 1.165) is 22.4 Å². The fourth-order valence-electron chi connectivity index (χ4n) is 3.37. The summed E-state index contributed by atoms with van der Waals surface area (Å²) in [6.45, 7) is 2.01. The lowest BCUT2D eigenvalue weighted by Crippen LogP contribution is -2.09. The summed E-state index contributed by atoms with van der Waals surface area (Å²) in [7, 11) is 0. The zero-order valence-electron chi connectivity index (χ0n) is 18.4.